The Labute approximate surface area is 123 Å². The molecule has 2 rings (SSSR count). The first-order valence-electron chi connectivity index (χ1n) is 6.84. The second-order valence-electron chi connectivity index (χ2n) is 5.70. The van der Waals surface area contributed by atoms with Gasteiger partial charge in [0.2, 0.25) is 0 Å². The third kappa shape index (κ3) is 3.64. The lowest BCUT2D eigenvalue weighted by Gasteiger charge is -2.34. The Morgan fingerprint density at radius 2 is 2.15 bits per heavy atom. The molecular weight excluding hydrogens is 278 g/mol. The zero-order valence-electron chi connectivity index (χ0n) is 11.6. The summed E-state index contributed by atoms with van der Waals surface area (Å²) in [6.07, 6.45) is 3.39. The minimum absolute atomic E-state index is 0.153. The van der Waals surface area contributed by atoms with Crippen molar-refractivity contribution in [3.8, 4) is 5.75 Å². The number of primary amides is 1. The first-order chi connectivity index (χ1) is 9.39. The van der Waals surface area contributed by atoms with E-state index >= 15 is 0 Å². The number of amides is 1. The van der Waals surface area contributed by atoms with E-state index in [2.05, 4.69) is 6.92 Å². The van der Waals surface area contributed by atoms with Crippen molar-refractivity contribution in [3.05, 3.63) is 28.8 Å². The van der Waals surface area contributed by atoms with E-state index in [0.29, 0.717) is 29.5 Å². The van der Waals surface area contributed by atoms with Crippen molar-refractivity contribution in [1.82, 2.24) is 0 Å². The molecule has 0 saturated heterocycles. The molecule has 1 aromatic carbocycles. The van der Waals surface area contributed by atoms with E-state index in [-0.39, 0.29) is 12.2 Å². The third-order valence-corrected chi connectivity index (χ3v) is 4.15. The van der Waals surface area contributed by atoms with Crippen LogP contribution in [0.15, 0.2) is 18.2 Å². The number of aliphatic hydroxyl groups is 1. The van der Waals surface area contributed by atoms with Crippen LogP contribution in [0, 0.1) is 5.92 Å². The second-order valence-corrected chi connectivity index (χ2v) is 6.14. The van der Waals surface area contributed by atoms with Crippen LogP contribution in [0.5, 0.6) is 5.75 Å². The zero-order valence-corrected chi connectivity index (χ0v) is 12.3. The summed E-state index contributed by atoms with van der Waals surface area (Å²) in [5.74, 6) is 0.403. The van der Waals surface area contributed by atoms with Crippen LogP contribution < -0.4 is 10.5 Å². The highest BCUT2D eigenvalue weighted by Gasteiger charge is 2.32. The molecule has 0 atom stereocenters. The number of rotatable bonds is 4. The average molecular weight is 298 g/mol. The normalized spacial score (nSPS) is 26.2. The van der Waals surface area contributed by atoms with Crippen LogP contribution in [0.1, 0.15) is 43.0 Å². The summed E-state index contributed by atoms with van der Waals surface area (Å²) in [6, 6.07) is 4.68. The van der Waals surface area contributed by atoms with Crippen molar-refractivity contribution in [2.24, 2.45) is 11.7 Å². The predicted molar refractivity (Wildman–Crippen MR) is 78.0 cm³/mol. The van der Waals surface area contributed by atoms with E-state index in [1.54, 1.807) is 12.1 Å². The summed E-state index contributed by atoms with van der Waals surface area (Å²) >= 11 is 5.90. The van der Waals surface area contributed by atoms with Gasteiger partial charge in [0, 0.05) is 5.02 Å². The molecule has 0 spiro atoms. The number of benzene rings is 1. The lowest BCUT2D eigenvalue weighted by molar-refractivity contribution is -0.0426. The van der Waals surface area contributed by atoms with Gasteiger partial charge in [-0.2, -0.15) is 0 Å². The Morgan fingerprint density at radius 3 is 2.75 bits per heavy atom. The number of hydrogen-bond donors (Lipinski definition) is 2. The fourth-order valence-electron chi connectivity index (χ4n) is 2.48. The first-order valence-corrected chi connectivity index (χ1v) is 7.22. The lowest BCUT2D eigenvalue weighted by atomic mass is 9.80. The van der Waals surface area contributed by atoms with Crippen LogP contribution in [0.25, 0.3) is 0 Å². The van der Waals surface area contributed by atoms with E-state index in [1.807, 2.05) is 0 Å². The highest BCUT2D eigenvalue weighted by Crippen LogP contribution is 2.33. The second kappa shape index (κ2) is 6.02. The van der Waals surface area contributed by atoms with Crippen LogP contribution in [0.2, 0.25) is 5.02 Å². The molecule has 5 heteroatoms. The van der Waals surface area contributed by atoms with Gasteiger partial charge in [0.25, 0.3) is 5.91 Å². The fraction of sp³-hybridized carbons (Fsp3) is 0.533. The lowest BCUT2D eigenvalue weighted by Crippen LogP contribution is -2.39. The molecule has 4 nitrogen and oxygen atoms in total. The van der Waals surface area contributed by atoms with Gasteiger partial charge in [0.15, 0.2) is 0 Å². The van der Waals surface area contributed by atoms with Gasteiger partial charge in [-0.05, 0) is 49.8 Å². The molecular formula is C15H20ClNO3. The van der Waals surface area contributed by atoms with Crippen molar-refractivity contribution < 1.29 is 14.6 Å². The van der Waals surface area contributed by atoms with E-state index in [4.69, 9.17) is 22.1 Å². The smallest absolute Gasteiger partial charge is 0.252 e. The predicted octanol–water partition coefficient (Wildman–Crippen LogP) is 2.76. The molecule has 1 fully saturated rings. The minimum atomic E-state index is -0.830. The summed E-state index contributed by atoms with van der Waals surface area (Å²) in [4.78, 5) is 11.3. The third-order valence-electron chi connectivity index (χ3n) is 3.91. The van der Waals surface area contributed by atoms with Gasteiger partial charge in [-0.3, -0.25) is 4.79 Å². The van der Waals surface area contributed by atoms with Crippen molar-refractivity contribution in [2.45, 2.75) is 38.2 Å². The molecule has 110 valence electrons. The van der Waals surface area contributed by atoms with E-state index in [0.717, 1.165) is 12.8 Å². The maximum Gasteiger partial charge on any atom is 0.252 e. The molecule has 1 aliphatic carbocycles. The van der Waals surface area contributed by atoms with Gasteiger partial charge < -0.3 is 15.6 Å². The molecule has 20 heavy (non-hydrogen) atoms. The van der Waals surface area contributed by atoms with Crippen LogP contribution in [0.4, 0.5) is 0 Å². The molecule has 0 bridgehead atoms. The number of ether oxygens (including phenoxy) is 1. The first kappa shape index (κ1) is 15.1. The van der Waals surface area contributed by atoms with Crippen molar-refractivity contribution in [3.63, 3.8) is 0 Å². The molecule has 0 aliphatic heterocycles. The molecule has 1 aliphatic rings. The molecule has 3 N–H and O–H groups in total. The number of carbonyl (C=O) groups is 1. The molecule has 1 amide bonds. The fourth-order valence-corrected chi connectivity index (χ4v) is 2.64. The van der Waals surface area contributed by atoms with E-state index < -0.39 is 11.5 Å². The van der Waals surface area contributed by atoms with Crippen LogP contribution in [0.3, 0.4) is 0 Å². The summed E-state index contributed by atoms with van der Waals surface area (Å²) in [5.41, 5.74) is 4.75. The maximum atomic E-state index is 11.3. The van der Waals surface area contributed by atoms with Crippen molar-refractivity contribution >= 4 is 17.5 Å². The topological polar surface area (TPSA) is 72.6 Å². The van der Waals surface area contributed by atoms with Gasteiger partial charge in [-0.25, -0.2) is 0 Å². The Bertz CT molecular complexity index is 496. The average Bonchev–Trinajstić information content (AvgIpc) is 2.40. The molecule has 0 heterocycles. The van der Waals surface area contributed by atoms with Crippen molar-refractivity contribution in [2.75, 3.05) is 6.61 Å². The van der Waals surface area contributed by atoms with Gasteiger partial charge >= 0.3 is 0 Å². The standard InChI is InChI=1S/C15H20ClNO3/c1-10-4-6-15(19,7-5-10)9-20-13-8-11(16)2-3-12(13)14(17)18/h2-3,8,10,19H,4-7,9H2,1H3,(H2,17,18). The van der Waals surface area contributed by atoms with Gasteiger partial charge in [-0.1, -0.05) is 18.5 Å². The Morgan fingerprint density at radius 1 is 1.50 bits per heavy atom. The molecule has 0 unspecified atom stereocenters. The van der Waals surface area contributed by atoms with Crippen LogP contribution in [-0.4, -0.2) is 23.2 Å². The SMILES string of the molecule is CC1CCC(O)(COc2cc(Cl)ccc2C(N)=O)CC1. The minimum Gasteiger partial charge on any atom is -0.490 e. The Balaban J connectivity index is 2.07. The molecule has 1 saturated carbocycles. The van der Waals surface area contributed by atoms with Crippen LogP contribution >= 0.6 is 11.6 Å². The van der Waals surface area contributed by atoms with Crippen molar-refractivity contribution in [1.29, 1.82) is 0 Å². The maximum absolute atomic E-state index is 11.3. The number of carbonyl (C=O) groups excluding carboxylic acids is 1. The quantitative estimate of drug-likeness (QED) is 0.897. The highest BCUT2D eigenvalue weighted by molar-refractivity contribution is 6.30. The van der Waals surface area contributed by atoms with Crippen LogP contribution in [-0.2, 0) is 0 Å². The Kier molecular flexibility index (Phi) is 4.55. The number of nitrogens with two attached hydrogens (primary N) is 1. The van der Waals surface area contributed by atoms with E-state index in [9.17, 15) is 9.90 Å². The summed E-state index contributed by atoms with van der Waals surface area (Å²) in [5, 5.41) is 10.9. The summed E-state index contributed by atoms with van der Waals surface area (Å²) in [7, 11) is 0. The molecule has 1 aromatic rings. The summed E-state index contributed by atoms with van der Waals surface area (Å²) < 4.78 is 5.62. The highest BCUT2D eigenvalue weighted by atomic mass is 35.5. The van der Waals surface area contributed by atoms with E-state index in [1.165, 1.54) is 6.07 Å². The Hall–Kier alpha value is -1.26. The molecule has 0 radical (unpaired) electrons. The van der Waals surface area contributed by atoms with Gasteiger partial charge in [-0.15, -0.1) is 0 Å². The number of halogens is 1. The largest absolute Gasteiger partial charge is 0.490 e. The molecule has 0 aromatic heterocycles. The number of hydrogen-bond acceptors (Lipinski definition) is 3. The monoisotopic (exact) mass is 297 g/mol. The summed E-state index contributed by atoms with van der Waals surface area (Å²) in [6.45, 7) is 2.34. The van der Waals surface area contributed by atoms with Gasteiger partial charge in [0.1, 0.15) is 12.4 Å². The van der Waals surface area contributed by atoms with Gasteiger partial charge in [0.05, 0.1) is 11.2 Å². The zero-order chi connectivity index (χ0) is 14.8.